The highest BCUT2D eigenvalue weighted by atomic mass is 32.2. The minimum absolute atomic E-state index is 0.207. The van der Waals surface area contributed by atoms with E-state index < -0.39 is 0 Å². The average molecular weight is 256 g/mol. The molecule has 0 aliphatic carbocycles. The van der Waals surface area contributed by atoms with Crippen LogP contribution in [-0.4, -0.2) is 39.1 Å². The number of thioether (sulfide) groups is 1. The van der Waals surface area contributed by atoms with Crippen molar-refractivity contribution in [2.45, 2.75) is 38.4 Å². The van der Waals surface area contributed by atoms with Gasteiger partial charge in [0, 0.05) is 17.7 Å². The maximum atomic E-state index is 11.7. The Hall–Kier alpha value is -1.04. The normalized spacial score (nSPS) is 12.8. The van der Waals surface area contributed by atoms with Gasteiger partial charge in [-0.05, 0) is 12.7 Å². The van der Waals surface area contributed by atoms with Crippen LogP contribution < -0.4 is 5.32 Å². The largest absolute Gasteiger partial charge is 0.349 e. The van der Waals surface area contributed by atoms with Crippen molar-refractivity contribution in [2.75, 3.05) is 12.8 Å². The maximum Gasteiger partial charge on any atom is 0.290 e. The first-order chi connectivity index (χ1) is 8.04. The zero-order valence-electron chi connectivity index (χ0n) is 10.8. The summed E-state index contributed by atoms with van der Waals surface area (Å²) in [5.41, 5.74) is 0. The molecule has 1 unspecified atom stereocenters. The second-order valence-corrected chi connectivity index (χ2v) is 5.57. The number of hydrogen-bond donors (Lipinski definition) is 2. The number of nitrogens with one attached hydrogen (secondary N) is 2. The van der Waals surface area contributed by atoms with Crippen LogP contribution >= 0.6 is 11.8 Å². The number of aromatic nitrogens is 3. The standard InChI is InChI=1S/C11H20N4OS/c1-7(2)9-13-10(15-14-9)11(16)12-6-5-8(3)17-4/h7-8H,5-6H2,1-4H3,(H,12,16)(H,13,14,15). The second kappa shape index (κ2) is 6.64. The van der Waals surface area contributed by atoms with Crippen molar-refractivity contribution in [2.24, 2.45) is 0 Å². The van der Waals surface area contributed by atoms with Crippen LogP contribution in [0.2, 0.25) is 0 Å². The molecular weight excluding hydrogens is 236 g/mol. The number of aromatic amines is 1. The molecule has 0 aliphatic heterocycles. The van der Waals surface area contributed by atoms with Gasteiger partial charge in [0.25, 0.3) is 5.91 Å². The van der Waals surface area contributed by atoms with Crippen molar-refractivity contribution in [3.63, 3.8) is 0 Å². The summed E-state index contributed by atoms with van der Waals surface area (Å²) in [5.74, 6) is 1.01. The van der Waals surface area contributed by atoms with E-state index in [1.807, 2.05) is 13.8 Å². The summed E-state index contributed by atoms with van der Waals surface area (Å²) in [6.07, 6.45) is 3.02. The third-order valence-corrected chi connectivity index (χ3v) is 3.53. The van der Waals surface area contributed by atoms with Gasteiger partial charge in [-0.3, -0.25) is 9.89 Å². The van der Waals surface area contributed by atoms with E-state index in [-0.39, 0.29) is 17.6 Å². The van der Waals surface area contributed by atoms with Crippen LogP contribution in [0.15, 0.2) is 0 Å². The van der Waals surface area contributed by atoms with E-state index in [2.05, 4.69) is 33.7 Å². The molecule has 2 N–H and O–H groups in total. The molecule has 17 heavy (non-hydrogen) atoms. The molecule has 0 fully saturated rings. The molecule has 1 rings (SSSR count). The molecule has 6 heteroatoms. The molecule has 1 aromatic rings. The monoisotopic (exact) mass is 256 g/mol. The Bertz CT molecular complexity index is 364. The van der Waals surface area contributed by atoms with Crippen LogP contribution in [0.4, 0.5) is 0 Å². The van der Waals surface area contributed by atoms with Crippen LogP contribution in [0.3, 0.4) is 0 Å². The summed E-state index contributed by atoms with van der Waals surface area (Å²) in [5, 5.41) is 10.0. The van der Waals surface area contributed by atoms with Gasteiger partial charge in [0.15, 0.2) is 0 Å². The molecule has 0 radical (unpaired) electrons. The number of nitrogens with zero attached hydrogens (tertiary/aromatic N) is 2. The lowest BCUT2D eigenvalue weighted by molar-refractivity contribution is 0.0943. The maximum absolute atomic E-state index is 11.7. The fourth-order valence-electron chi connectivity index (χ4n) is 1.22. The number of hydrogen-bond acceptors (Lipinski definition) is 4. The van der Waals surface area contributed by atoms with Crippen molar-refractivity contribution in [3.05, 3.63) is 11.6 Å². The van der Waals surface area contributed by atoms with Crippen LogP contribution in [0, 0.1) is 0 Å². The molecule has 1 amide bonds. The predicted molar refractivity (Wildman–Crippen MR) is 70.4 cm³/mol. The van der Waals surface area contributed by atoms with Crippen molar-refractivity contribution >= 4 is 17.7 Å². The van der Waals surface area contributed by atoms with Gasteiger partial charge in [0.05, 0.1) is 0 Å². The van der Waals surface area contributed by atoms with Gasteiger partial charge in [-0.15, -0.1) is 5.10 Å². The third-order valence-electron chi connectivity index (χ3n) is 2.49. The first-order valence-corrected chi connectivity index (χ1v) is 7.06. The van der Waals surface area contributed by atoms with Gasteiger partial charge in [0.2, 0.25) is 5.82 Å². The molecule has 1 heterocycles. The second-order valence-electron chi connectivity index (χ2n) is 4.29. The van der Waals surface area contributed by atoms with Crippen LogP contribution in [0.5, 0.6) is 0 Å². The van der Waals surface area contributed by atoms with Gasteiger partial charge in [0.1, 0.15) is 5.82 Å². The van der Waals surface area contributed by atoms with Gasteiger partial charge >= 0.3 is 0 Å². The first kappa shape index (κ1) is 14.0. The Balaban J connectivity index is 2.41. The van der Waals surface area contributed by atoms with Crippen LogP contribution in [0.1, 0.15) is 49.6 Å². The lowest BCUT2D eigenvalue weighted by atomic mass is 10.2. The Kier molecular flexibility index (Phi) is 5.47. The number of amides is 1. The summed E-state index contributed by atoms with van der Waals surface area (Å²) >= 11 is 1.79. The minimum atomic E-state index is -0.207. The summed E-state index contributed by atoms with van der Waals surface area (Å²) in [7, 11) is 0. The Labute approximate surface area is 106 Å². The fourth-order valence-corrected chi connectivity index (χ4v) is 1.57. The number of H-pyrrole nitrogens is 1. The highest BCUT2D eigenvalue weighted by molar-refractivity contribution is 7.99. The molecule has 96 valence electrons. The van der Waals surface area contributed by atoms with Crippen molar-refractivity contribution in [1.82, 2.24) is 20.5 Å². The zero-order valence-corrected chi connectivity index (χ0v) is 11.6. The molecule has 0 spiro atoms. The SMILES string of the molecule is CSC(C)CCNC(=O)c1n[nH]c(C(C)C)n1. The van der Waals surface area contributed by atoms with E-state index in [9.17, 15) is 4.79 Å². The molecule has 1 aromatic heterocycles. The Morgan fingerprint density at radius 1 is 1.47 bits per heavy atom. The summed E-state index contributed by atoms with van der Waals surface area (Å²) in [6, 6.07) is 0. The van der Waals surface area contributed by atoms with E-state index >= 15 is 0 Å². The fraction of sp³-hybridized carbons (Fsp3) is 0.727. The highest BCUT2D eigenvalue weighted by Crippen LogP contribution is 2.09. The molecule has 0 aliphatic rings. The molecule has 0 aromatic carbocycles. The van der Waals surface area contributed by atoms with Gasteiger partial charge < -0.3 is 5.32 Å². The summed E-state index contributed by atoms with van der Waals surface area (Å²) < 4.78 is 0. The predicted octanol–water partition coefficient (Wildman–Crippen LogP) is 1.80. The first-order valence-electron chi connectivity index (χ1n) is 5.78. The molecular formula is C11H20N4OS. The van der Waals surface area contributed by atoms with E-state index in [1.165, 1.54) is 0 Å². The summed E-state index contributed by atoms with van der Waals surface area (Å²) in [6.45, 7) is 6.80. The van der Waals surface area contributed by atoms with Gasteiger partial charge in [-0.25, -0.2) is 4.98 Å². The third kappa shape index (κ3) is 4.38. The Morgan fingerprint density at radius 3 is 2.71 bits per heavy atom. The van der Waals surface area contributed by atoms with Crippen molar-refractivity contribution in [1.29, 1.82) is 0 Å². The molecule has 5 nitrogen and oxygen atoms in total. The van der Waals surface area contributed by atoms with E-state index in [0.717, 1.165) is 12.2 Å². The molecule has 0 bridgehead atoms. The summed E-state index contributed by atoms with van der Waals surface area (Å²) in [4.78, 5) is 15.8. The highest BCUT2D eigenvalue weighted by Gasteiger charge is 2.13. The van der Waals surface area contributed by atoms with Crippen LogP contribution in [0.25, 0.3) is 0 Å². The molecule has 1 atom stereocenters. The van der Waals surface area contributed by atoms with Gasteiger partial charge in [-0.1, -0.05) is 20.8 Å². The zero-order chi connectivity index (χ0) is 12.8. The van der Waals surface area contributed by atoms with E-state index in [4.69, 9.17) is 0 Å². The van der Waals surface area contributed by atoms with Gasteiger partial charge in [-0.2, -0.15) is 11.8 Å². The lowest BCUT2D eigenvalue weighted by Crippen LogP contribution is -2.27. The Morgan fingerprint density at radius 2 is 2.18 bits per heavy atom. The molecule has 0 saturated heterocycles. The van der Waals surface area contributed by atoms with E-state index in [1.54, 1.807) is 11.8 Å². The molecule has 0 saturated carbocycles. The number of carbonyl (C=O) groups is 1. The minimum Gasteiger partial charge on any atom is -0.349 e. The number of carbonyl (C=O) groups excluding carboxylic acids is 1. The van der Waals surface area contributed by atoms with E-state index in [0.29, 0.717) is 11.8 Å². The van der Waals surface area contributed by atoms with Crippen molar-refractivity contribution < 1.29 is 4.79 Å². The quantitative estimate of drug-likeness (QED) is 0.814. The lowest BCUT2D eigenvalue weighted by Gasteiger charge is -2.07. The van der Waals surface area contributed by atoms with Crippen LogP contribution in [-0.2, 0) is 0 Å². The smallest absolute Gasteiger partial charge is 0.290 e. The van der Waals surface area contributed by atoms with Crippen molar-refractivity contribution in [3.8, 4) is 0 Å². The average Bonchev–Trinajstić information content (AvgIpc) is 2.78. The number of rotatable bonds is 6. The topological polar surface area (TPSA) is 70.7 Å².